The van der Waals surface area contributed by atoms with Crippen molar-refractivity contribution in [3.63, 3.8) is 0 Å². The summed E-state index contributed by atoms with van der Waals surface area (Å²) < 4.78 is 26.7. The standard InChI is InChI=1S/C19H20N4O4S2/c1-13(18(25)20-14-7-6-8-15(24)11-14)28-19-22-21-17(23(19)2)12-29(26,27)16-9-4-3-5-10-16/h3-11,13,24H,12H2,1-2H3,(H,20,25). The molecule has 0 aliphatic carbocycles. The van der Waals surface area contributed by atoms with E-state index in [9.17, 15) is 18.3 Å². The number of rotatable bonds is 7. The van der Waals surface area contributed by atoms with E-state index < -0.39 is 15.1 Å². The van der Waals surface area contributed by atoms with E-state index in [4.69, 9.17) is 0 Å². The Morgan fingerprint density at radius 2 is 1.90 bits per heavy atom. The van der Waals surface area contributed by atoms with Crippen LogP contribution in [0.4, 0.5) is 5.69 Å². The number of aromatic nitrogens is 3. The molecule has 152 valence electrons. The second kappa shape index (κ2) is 8.66. The Labute approximate surface area is 172 Å². The van der Waals surface area contributed by atoms with E-state index in [-0.39, 0.29) is 28.1 Å². The Hall–Kier alpha value is -2.85. The molecule has 1 aromatic heterocycles. The predicted octanol–water partition coefficient (Wildman–Crippen LogP) is 2.61. The highest BCUT2D eigenvalue weighted by atomic mass is 32.2. The van der Waals surface area contributed by atoms with Crippen molar-refractivity contribution in [3.05, 3.63) is 60.4 Å². The van der Waals surface area contributed by atoms with E-state index in [0.29, 0.717) is 10.8 Å². The lowest BCUT2D eigenvalue weighted by Gasteiger charge is -2.12. The largest absolute Gasteiger partial charge is 0.508 e. The molecule has 2 aromatic carbocycles. The van der Waals surface area contributed by atoms with Gasteiger partial charge in [-0.15, -0.1) is 10.2 Å². The summed E-state index contributed by atoms with van der Waals surface area (Å²) >= 11 is 1.16. The van der Waals surface area contributed by atoms with Crippen LogP contribution >= 0.6 is 11.8 Å². The number of phenolic OH excluding ortho intramolecular Hbond substituents is 1. The van der Waals surface area contributed by atoms with Crippen molar-refractivity contribution in [2.24, 2.45) is 7.05 Å². The zero-order valence-corrected chi connectivity index (χ0v) is 17.4. The number of thioether (sulfide) groups is 1. The van der Waals surface area contributed by atoms with E-state index >= 15 is 0 Å². The van der Waals surface area contributed by atoms with Crippen molar-refractivity contribution in [2.75, 3.05) is 5.32 Å². The summed E-state index contributed by atoms with van der Waals surface area (Å²) in [6.07, 6.45) is 0. The Kier molecular flexibility index (Phi) is 6.23. The maximum atomic E-state index is 12.6. The minimum atomic E-state index is -3.55. The highest BCUT2D eigenvalue weighted by molar-refractivity contribution is 8.00. The van der Waals surface area contributed by atoms with Gasteiger partial charge in [0.1, 0.15) is 17.3 Å². The lowest BCUT2D eigenvalue weighted by Crippen LogP contribution is -2.22. The molecule has 0 fully saturated rings. The number of carbonyl (C=O) groups is 1. The van der Waals surface area contributed by atoms with Crippen LogP contribution in [0.15, 0.2) is 64.6 Å². The topological polar surface area (TPSA) is 114 Å². The van der Waals surface area contributed by atoms with Crippen molar-refractivity contribution in [1.82, 2.24) is 14.8 Å². The van der Waals surface area contributed by atoms with E-state index in [1.165, 1.54) is 24.3 Å². The van der Waals surface area contributed by atoms with Gasteiger partial charge in [-0.05, 0) is 31.2 Å². The molecule has 2 N–H and O–H groups in total. The summed E-state index contributed by atoms with van der Waals surface area (Å²) in [6, 6.07) is 14.4. The van der Waals surface area contributed by atoms with Gasteiger partial charge in [-0.3, -0.25) is 4.79 Å². The molecule has 0 saturated carbocycles. The van der Waals surface area contributed by atoms with Gasteiger partial charge in [0.15, 0.2) is 15.0 Å². The number of carbonyl (C=O) groups excluding carboxylic acids is 1. The number of nitrogens with zero attached hydrogens (tertiary/aromatic N) is 3. The minimum absolute atomic E-state index is 0.0562. The second-order valence-electron chi connectivity index (χ2n) is 6.33. The summed E-state index contributed by atoms with van der Waals surface area (Å²) in [5, 5.41) is 20.1. The van der Waals surface area contributed by atoms with Gasteiger partial charge >= 0.3 is 0 Å². The maximum absolute atomic E-state index is 12.6. The van der Waals surface area contributed by atoms with Gasteiger partial charge in [-0.25, -0.2) is 8.42 Å². The average molecular weight is 433 g/mol. The molecular formula is C19H20N4O4S2. The van der Waals surface area contributed by atoms with Gasteiger partial charge in [-0.1, -0.05) is 36.0 Å². The summed E-state index contributed by atoms with van der Waals surface area (Å²) in [5.41, 5.74) is 0.482. The first-order chi connectivity index (χ1) is 13.8. The molecule has 0 aliphatic rings. The number of sulfone groups is 1. The lowest BCUT2D eigenvalue weighted by molar-refractivity contribution is -0.115. The third kappa shape index (κ3) is 5.15. The molecule has 3 aromatic rings. The smallest absolute Gasteiger partial charge is 0.237 e. The first kappa shape index (κ1) is 20.9. The molecule has 1 unspecified atom stereocenters. The predicted molar refractivity (Wildman–Crippen MR) is 110 cm³/mol. The highest BCUT2D eigenvalue weighted by Crippen LogP contribution is 2.24. The van der Waals surface area contributed by atoms with Gasteiger partial charge in [0, 0.05) is 18.8 Å². The molecule has 1 atom stereocenters. The minimum Gasteiger partial charge on any atom is -0.508 e. The molecule has 10 heteroatoms. The fraction of sp³-hybridized carbons (Fsp3) is 0.211. The van der Waals surface area contributed by atoms with E-state index in [1.54, 1.807) is 48.9 Å². The van der Waals surface area contributed by atoms with Crippen LogP contribution in [0, 0.1) is 0 Å². The summed E-state index contributed by atoms with van der Waals surface area (Å²) in [6.45, 7) is 1.71. The first-order valence-corrected chi connectivity index (χ1v) is 11.2. The molecule has 3 rings (SSSR count). The van der Waals surface area contributed by atoms with Gasteiger partial charge in [0.2, 0.25) is 5.91 Å². The number of hydrogen-bond acceptors (Lipinski definition) is 7. The van der Waals surface area contributed by atoms with Gasteiger partial charge in [0.25, 0.3) is 0 Å². The lowest BCUT2D eigenvalue weighted by atomic mass is 10.3. The molecule has 1 amide bonds. The molecule has 0 aliphatic heterocycles. The molecular weight excluding hydrogens is 412 g/mol. The molecule has 0 saturated heterocycles. The fourth-order valence-corrected chi connectivity index (χ4v) is 4.66. The summed E-state index contributed by atoms with van der Waals surface area (Å²) in [7, 11) is -1.88. The van der Waals surface area contributed by atoms with Crippen molar-refractivity contribution in [2.45, 2.75) is 28.0 Å². The number of benzene rings is 2. The van der Waals surface area contributed by atoms with Gasteiger partial charge < -0.3 is 15.0 Å². The first-order valence-electron chi connectivity index (χ1n) is 8.69. The van der Waals surface area contributed by atoms with Crippen LogP contribution in [-0.4, -0.2) is 39.4 Å². The quantitative estimate of drug-likeness (QED) is 0.552. The third-order valence-corrected chi connectivity index (χ3v) is 6.87. The van der Waals surface area contributed by atoms with Crippen molar-refractivity contribution < 1.29 is 18.3 Å². The zero-order valence-electron chi connectivity index (χ0n) is 15.8. The van der Waals surface area contributed by atoms with Crippen LogP contribution in [0.2, 0.25) is 0 Å². The highest BCUT2D eigenvalue weighted by Gasteiger charge is 2.22. The zero-order chi connectivity index (χ0) is 21.0. The second-order valence-corrected chi connectivity index (χ2v) is 9.63. The molecule has 0 bridgehead atoms. The monoisotopic (exact) mass is 432 g/mol. The van der Waals surface area contributed by atoms with Gasteiger partial charge in [-0.2, -0.15) is 0 Å². The molecule has 0 radical (unpaired) electrons. The van der Waals surface area contributed by atoms with Crippen LogP contribution in [0.5, 0.6) is 5.75 Å². The Morgan fingerprint density at radius 3 is 2.59 bits per heavy atom. The summed E-state index contributed by atoms with van der Waals surface area (Å²) in [5.74, 6) is -0.218. The molecule has 29 heavy (non-hydrogen) atoms. The average Bonchev–Trinajstić information content (AvgIpc) is 3.01. The third-order valence-electron chi connectivity index (χ3n) is 4.11. The van der Waals surface area contributed by atoms with Crippen molar-refractivity contribution >= 4 is 33.2 Å². The maximum Gasteiger partial charge on any atom is 0.237 e. The van der Waals surface area contributed by atoms with E-state index in [2.05, 4.69) is 15.5 Å². The Bertz CT molecular complexity index is 1110. The number of anilines is 1. The number of phenols is 1. The van der Waals surface area contributed by atoms with Crippen LogP contribution < -0.4 is 5.32 Å². The van der Waals surface area contributed by atoms with Crippen LogP contribution in [-0.2, 0) is 27.4 Å². The number of aromatic hydroxyl groups is 1. The molecule has 0 spiro atoms. The molecule has 1 heterocycles. The fourth-order valence-electron chi connectivity index (χ4n) is 2.49. The summed E-state index contributed by atoms with van der Waals surface area (Å²) in [4.78, 5) is 12.6. The van der Waals surface area contributed by atoms with Crippen LogP contribution in [0.1, 0.15) is 12.7 Å². The number of amides is 1. The number of hydrogen-bond donors (Lipinski definition) is 2. The van der Waals surface area contributed by atoms with Crippen LogP contribution in [0.3, 0.4) is 0 Å². The molecule has 8 nitrogen and oxygen atoms in total. The Morgan fingerprint density at radius 1 is 1.17 bits per heavy atom. The van der Waals surface area contributed by atoms with E-state index in [0.717, 1.165) is 11.8 Å². The van der Waals surface area contributed by atoms with Gasteiger partial charge in [0.05, 0.1) is 10.1 Å². The van der Waals surface area contributed by atoms with E-state index in [1.807, 2.05) is 0 Å². The van der Waals surface area contributed by atoms with Crippen molar-refractivity contribution in [3.8, 4) is 5.75 Å². The normalized spacial score (nSPS) is 12.5. The van der Waals surface area contributed by atoms with Crippen molar-refractivity contribution in [1.29, 1.82) is 0 Å². The van der Waals surface area contributed by atoms with Crippen LogP contribution in [0.25, 0.3) is 0 Å². The SMILES string of the molecule is CC(Sc1nnc(CS(=O)(=O)c2ccccc2)n1C)C(=O)Nc1cccc(O)c1. The Balaban J connectivity index is 1.68. The number of nitrogens with one attached hydrogen (secondary N) is 1.